The minimum atomic E-state index is -4.72. The Morgan fingerprint density at radius 3 is 2.41 bits per heavy atom. The van der Waals surface area contributed by atoms with Crippen molar-refractivity contribution in [1.82, 2.24) is 15.3 Å². The predicted octanol–water partition coefficient (Wildman–Crippen LogP) is 5.90. The van der Waals surface area contributed by atoms with Crippen molar-refractivity contribution in [3.63, 3.8) is 0 Å². The Morgan fingerprint density at radius 2 is 1.76 bits per heavy atom. The monoisotopic (exact) mass is 509 g/mol. The largest absolute Gasteiger partial charge is 0.433 e. The van der Waals surface area contributed by atoms with Gasteiger partial charge in [0.25, 0.3) is 0 Å². The summed E-state index contributed by atoms with van der Waals surface area (Å²) >= 11 is 6.56. The van der Waals surface area contributed by atoms with Crippen LogP contribution in [0.1, 0.15) is 18.2 Å². The highest BCUT2D eigenvalue weighted by molar-refractivity contribution is 7.99. The minimum absolute atomic E-state index is 0.124. The first-order valence-electron chi connectivity index (χ1n) is 9.94. The van der Waals surface area contributed by atoms with E-state index in [-0.39, 0.29) is 16.7 Å². The minimum Gasteiger partial charge on any atom is -0.340 e. The SMILES string of the molecule is CCc1ccc(NC(=O)NC(=O)CSc2nc(Nc3cccc(Cl)c3)cc(C(F)(F)F)n2)cc1. The van der Waals surface area contributed by atoms with Gasteiger partial charge in [0, 0.05) is 22.5 Å². The van der Waals surface area contributed by atoms with Crippen LogP contribution in [0.5, 0.6) is 0 Å². The number of hydrogen-bond acceptors (Lipinski definition) is 6. The van der Waals surface area contributed by atoms with Gasteiger partial charge in [-0.3, -0.25) is 10.1 Å². The standard InChI is InChI=1S/C22H19ClF3N5O2S/c1-2-13-6-8-15(9-7-13)28-20(33)31-19(32)12-34-21-29-17(22(24,25)26)11-18(30-21)27-16-5-3-4-14(23)10-16/h3-11H,2,12H2,1H3,(H,27,29,30)(H2,28,31,32,33). The maximum Gasteiger partial charge on any atom is 0.433 e. The molecule has 0 aliphatic carbocycles. The van der Waals surface area contributed by atoms with Crippen molar-refractivity contribution in [3.8, 4) is 0 Å². The average molecular weight is 510 g/mol. The Bertz CT molecular complexity index is 1180. The number of halogens is 4. The molecule has 3 amide bonds. The molecule has 1 aromatic heterocycles. The number of aryl methyl sites for hydroxylation is 1. The van der Waals surface area contributed by atoms with Crippen molar-refractivity contribution in [2.24, 2.45) is 0 Å². The van der Waals surface area contributed by atoms with Crippen LogP contribution in [0.2, 0.25) is 5.02 Å². The number of nitrogens with zero attached hydrogens (tertiary/aromatic N) is 2. The molecule has 1 heterocycles. The fourth-order valence-corrected chi connectivity index (χ4v) is 3.54. The lowest BCUT2D eigenvalue weighted by Gasteiger charge is -2.12. The van der Waals surface area contributed by atoms with Crippen molar-refractivity contribution >= 4 is 52.5 Å². The van der Waals surface area contributed by atoms with Gasteiger partial charge >= 0.3 is 12.2 Å². The number of amides is 3. The lowest BCUT2D eigenvalue weighted by atomic mass is 10.1. The average Bonchev–Trinajstić information content (AvgIpc) is 2.77. The number of alkyl halides is 3. The van der Waals surface area contributed by atoms with Gasteiger partial charge in [0.2, 0.25) is 5.91 Å². The molecule has 0 fully saturated rings. The molecule has 2 aromatic carbocycles. The molecule has 0 unspecified atom stereocenters. The number of anilines is 3. The van der Waals surface area contributed by atoms with E-state index in [1.807, 2.05) is 19.1 Å². The third-order valence-corrected chi connectivity index (χ3v) is 5.38. The fourth-order valence-electron chi connectivity index (χ4n) is 2.69. The number of benzene rings is 2. The van der Waals surface area contributed by atoms with Gasteiger partial charge in [-0.05, 0) is 42.3 Å². The summed E-state index contributed by atoms with van der Waals surface area (Å²) in [4.78, 5) is 31.6. The van der Waals surface area contributed by atoms with Gasteiger partial charge in [0.15, 0.2) is 10.9 Å². The van der Waals surface area contributed by atoms with Crippen LogP contribution < -0.4 is 16.0 Å². The first-order chi connectivity index (χ1) is 16.1. The predicted molar refractivity (Wildman–Crippen MR) is 125 cm³/mol. The number of rotatable bonds is 7. The number of nitrogens with one attached hydrogen (secondary N) is 3. The lowest BCUT2D eigenvalue weighted by molar-refractivity contribution is -0.141. The van der Waals surface area contributed by atoms with Crippen molar-refractivity contribution in [2.75, 3.05) is 16.4 Å². The Morgan fingerprint density at radius 1 is 1.03 bits per heavy atom. The first-order valence-corrected chi connectivity index (χ1v) is 11.3. The van der Waals surface area contributed by atoms with Gasteiger partial charge in [0.1, 0.15) is 5.82 Å². The van der Waals surface area contributed by atoms with Crippen molar-refractivity contribution < 1.29 is 22.8 Å². The highest BCUT2D eigenvalue weighted by Crippen LogP contribution is 2.31. The number of carbonyl (C=O) groups excluding carboxylic acids is 2. The molecule has 0 aliphatic heterocycles. The van der Waals surface area contributed by atoms with E-state index in [2.05, 4.69) is 25.9 Å². The van der Waals surface area contributed by atoms with Gasteiger partial charge in [-0.2, -0.15) is 13.2 Å². The molecule has 7 nitrogen and oxygen atoms in total. The molecule has 0 bridgehead atoms. The summed E-state index contributed by atoms with van der Waals surface area (Å²) in [5, 5.41) is 7.47. The van der Waals surface area contributed by atoms with Crippen LogP contribution in [-0.4, -0.2) is 27.7 Å². The molecule has 34 heavy (non-hydrogen) atoms. The van der Waals surface area contributed by atoms with E-state index in [1.54, 1.807) is 30.3 Å². The molecule has 178 valence electrons. The Balaban J connectivity index is 1.63. The van der Waals surface area contributed by atoms with Gasteiger partial charge in [-0.25, -0.2) is 14.8 Å². The van der Waals surface area contributed by atoms with E-state index in [4.69, 9.17) is 11.6 Å². The molecule has 3 aromatic rings. The number of urea groups is 1. The summed E-state index contributed by atoms with van der Waals surface area (Å²) in [6.07, 6.45) is -3.88. The smallest absolute Gasteiger partial charge is 0.340 e. The number of hydrogen-bond donors (Lipinski definition) is 3. The van der Waals surface area contributed by atoms with E-state index >= 15 is 0 Å². The van der Waals surface area contributed by atoms with E-state index < -0.39 is 23.8 Å². The van der Waals surface area contributed by atoms with Gasteiger partial charge < -0.3 is 10.6 Å². The Labute approximate surface area is 202 Å². The third-order valence-electron chi connectivity index (χ3n) is 4.30. The van der Waals surface area contributed by atoms with Gasteiger partial charge in [-0.15, -0.1) is 0 Å². The summed E-state index contributed by atoms with van der Waals surface area (Å²) in [5.41, 5.74) is 0.830. The zero-order valence-electron chi connectivity index (χ0n) is 17.7. The second kappa shape index (κ2) is 11.2. The molecular weight excluding hydrogens is 491 g/mol. The van der Waals surface area contributed by atoms with E-state index in [9.17, 15) is 22.8 Å². The van der Waals surface area contributed by atoms with Crippen LogP contribution in [-0.2, 0) is 17.4 Å². The highest BCUT2D eigenvalue weighted by atomic mass is 35.5. The molecule has 0 radical (unpaired) electrons. The van der Waals surface area contributed by atoms with Gasteiger partial charge in [-0.1, -0.05) is 48.5 Å². The second-order valence-corrected chi connectivity index (χ2v) is 8.27. The van der Waals surface area contributed by atoms with Crippen molar-refractivity contribution in [1.29, 1.82) is 0 Å². The van der Waals surface area contributed by atoms with Gasteiger partial charge in [0.05, 0.1) is 5.75 Å². The molecular formula is C22H19ClF3N5O2S. The Hall–Kier alpha value is -3.31. The summed E-state index contributed by atoms with van der Waals surface area (Å²) in [6.45, 7) is 2.00. The van der Waals surface area contributed by atoms with Crippen LogP contribution in [0.3, 0.4) is 0 Å². The molecule has 0 saturated carbocycles. The summed E-state index contributed by atoms with van der Waals surface area (Å²) in [6, 6.07) is 13.4. The maximum absolute atomic E-state index is 13.3. The molecule has 3 N–H and O–H groups in total. The van der Waals surface area contributed by atoms with Crippen LogP contribution in [0.15, 0.2) is 59.8 Å². The molecule has 3 rings (SSSR count). The topological polar surface area (TPSA) is 96.0 Å². The van der Waals surface area contributed by atoms with Crippen LogP contribution >= 0.6 is 23.4 Å². The molecule has 0 spiro atoms. The van der Waals surface area contributed by atoms with Crippen LogP contribution in [0.25, 0.3) is 0 Å². The number of imide groups is 1. The third kappa shape index (κ3) is 7.63. The zero-order chi connectivity index (χ0) is 24.7. The Kier molecular flexibility index (Phi) is 8.35. The summed E-state index contributed by atoms with van der Waals surface area (Å²) in [5.74, 6) is -1.22. The number of carbonyl (C=O) groups is 2. The van der Waals surface area contributed by atoms with E-state index in [1.165, 1.54) is 6.07 Å². The number of aromatic nitrogens is 2. The molecule has 0 aliphatic rings. The van der Waals surface area contributed by atoms with E-state index in [0.717, 1.165) is 18.1 Å². The lowest BCUT2D eigenvalue weighted by Crippen LogP contribution is -2.35. The highest BCUT2D eigenvalue weighted by Gasteiger charge is 2.34. The van der Waals surface area contributed by atoms with Crippen molar-refractivity contribution in [3.05, 3.63) is 70.9 Å². The maximum atomic E-state index is 13.3. The van der Waals surface area contributed by atoms with E-state index in [0.29, 0.717) is 28.2 Å². The quantitative estimate of drug-likeness (QED) is 0.271. The van der Waals surface area contributed by atoms with Crippen molar-refractivity contribution in [2.45, 2.75) is 24.7 Å². The summed E-state index contributed by atoms with van der Waals surface area (Å²) in [7, 11) is 0. The zero-order valence-corrected chi connectivity index (χ0v) is 19.3. The normalized spacial score (nSPS) is 11.1. The van der Waals surface area contributed by atoms with Crippen LogP contribution in [0, 0.1) is 0 Å². The molecule has 12 heteroatoms. The second-order valence-electron chi connectivity index (χ2n) is 6.90. The number of thioether (sulfide) groups is 1. The van der Waals surface area contributed by atoms with Crippen LogP contribution in [0.4, 0.5) is 35.2 Å². The molecule has 0 atom stereocenters. The molecule has 0 saturated heterocycles. The fraction of sp³-hybridized carbons (Fsp3) is 0.182. The first kappa shape index (κ1) is 25.3. The summed E-state index contributed by atoms with van der Waals surface area (Å²) < 4.78 is 39.9.